The molecule has 8 aromatic rings. The van der Waals surface area contributed by atoms with Crippen molar-refractivity contribution in [3.63, 3.8) is 0 Å². The van der Waals surface area contributed by atoms with Gasteiger partial charge in [-0.25, -0.2) is 9.97 Å². The van der Waals surface area contributed by atoms with Gasteiger partial charge in [0, 0.05) is 32.8 Å². The Balaban J connectivity index is 1.45. The summed E-state index contributed by atoms with van der Waals surface area (Å²) in [6.07, 6.45) is 7.57. The zero-order valence-corrected chi connectivity index (χ0v) is 24.9. The predicted octanol–water partition coefficient (Wildman–Crippen LogP) is 10.3. The van der Waals surface area contributed by atoms with E-state index in [2.05, 4.69) is 162 Å². The van der Waals surface area contributed by atoms with Gasteiger partial charge in [0.25, 0.3) is 0 Å². The molecule has 5 aromatic carbocycles. The number of allylic oxidation sites excluding steroid dienone is 4. The van der Waals surface area contributed by atoms with Crippen LogP contribution in [0.5, 0.6) is 0 Å². The fourth-order valence-electron chi connectivity index (χ4n) is 7.04. The summed E-state index contributed by atoms with van der Waals surface area (Å²) in [6.45, 7) is 2.26. The molecule has 4 nitrogen and oxygen atoms in total. The van der Waals surface area contributed by atoms with Gasteiger partial charge in [-0.15, -0.1) is 0 Å². The van der Waals surface area contributed by atoms with Crippen LogP contribution in [0.25, 0.3) is 72.1 Å². The van der Waals surface area contributed by atoms with Crippen molar-refractivity contribution in [2.75, 3.05) is 0 Å². The lowest BCUT2D eigenvalue weighted by atomic mass is 9.93. The maximum atomic E-state index is 5.36. The highest BCUT2D eigenvalue weighted by Crippen LogP contribution is 2.41. The third kappa shape index (κ3) is 4.06. The van der Waals surface area contributed by atoms with Crippen LogP contribution >= 0.6 is 0 Å². The molecule has 0 radical (unpaired) electrons. The lowest BCUT2D eigenvalue weighted by Gasteiger charge is -2.17. The standard InChI is InChI=1S/C41H30N4/c1-27-13-12-16-29(25-27)36-26-35(28-14-4-2-5-15-28)42-41(43-36)45-38-22-11-9-20-32(38)34-24-23-33-31-19-8-10-21-37(31)44(39(33)40(34)45)30-17-6-3-7-18-30/h2-24,26-27H,25H2,1H3. The number of hydrogen-bond acceptors (Lipinski definition) is 2. The van der Waals surface area contributed by atoms with Crippen molar-refractivity contribution in [1.29, 1.82) is 0 Å². The lowest BCUT2D eigenvalue weighted by Crippen LogP contribution is -2.07. The molecule has 0 bridgehead atoms. The first-order valence-corrected chi connectivity index (χ1v) is 15.6. The summed E-state index contributed by atoms with van der Waals surface area (Å²) in [5, 5.41) is 4.80. The van der Waals surface area contributed by atoms with Crippen molar-refractivity contribution < 1.29 is 0 Å². The third-order valence-corrected chi connectivity index (χ3v) is 9.07. The predicted molar refractivity (Wildman–Crippen MR) is 187 cm³/mol. The van der Waals surface area contributed by atoms with E-state index in [1.54, 1.807) is 0 Å². The summed E-state index contributed by atoms with van der Waals surface area (Å²) in [5.41, 5.74) is 9.85. The SMILES string of the molecule is CC1C=CC=C(c2cc(-c3ccccc3)nc(-n3c4ccccc4c4ccc5c6ccccc6n(-c6ccccc6)c5c43)n2)C1. The van der Waals surface area contributed by atoms with Gasteiger partial charge in [-0.05, 0) is 48.2 Å². The fourth-order valence-corrected chi connectivity index (χ4v) is 7.04. The highest BCUT2D eigenvalue weighted by molar-refractivity contribution is 6.23. The first-order chi connectivity index (χ1) is 22.2. The molecule has 214 valence electrons. The molecule has 9 rings (SSSR count). The van der Waals surface area contributed by atoms with E-state index in [1.165, 1.54) is 32.6 Å². The minimum atomic E-state index is 0.457. The van der Waals surface area contributed by atoms with E-state index in [9.17, 15) is 0 Å². The van der Waals surface area contributed by atoms with Crippen LogP contribution in [-0.4, -0.2) is 19.1 Å². The van der Waals surface area contributed by atoms with Gasteiger partial charge in [0.05, 0.1) is 33.5 Å². The van der Waals surface area contributed by atoms with Crippen molar-refractivity contribution in [1.82, 2.24) is 19.1 Å². The first-order valence-electron chi connectivity index (χ1n) is 15.6. The Morgan fingerprint density at radius 3 is 1.84 bits per heavy atom. The van der Waals surface area contributed by atoms with Gasteiger partial charge >= 0.3 is 0 Å². The molecule has 0 spiro atoms. The minimum absolute atomic E-state index is 0.457. The summed E-state index contributed by atoms with van der Waals surface area (Å²) in [5.74, 6) is 1.14. The number of fused-ring (bicyclic) bond motifs is 7. The van der Waals surface area contributed by atoms with Gasteiger partial charge in [-0.3, -0.25) is 4.57 Å². The molecule has 1 aliphatic rings. The average molecular weight is 579 g/mol. The van der Waals surface area contributed by atoms with Crippen molar-refractivity contribution in [2.45, 2.75) is 13.3 Å². The Hall–Kier alpha value is -5.74. The van der Waals surface area contributed by atoms with Gasteiger partial charge in [-0.1, -0.05) is 122 Å². The maximum Gasteiger partial charge on any atom is 0.235 e. The van der Waals surface area contributed by atoms with Crippen molar-refractivity contribution >= 4 is 49.2 Å². The Labute approximate surface area is 261 Å². The lowest BCUT2D eigenvalue weighted by molar-refractivity contribution is 0.745. The van der Waals surface area contributed by atoms with E-state index in [1.807, 2.05) is 0 Å². The molecular weight excluding hydrogens is 548 g/mol. The van der Waals surface area contributed by atoms with Crippen LogP contribution in [0.2, 0.25) is 0 Å². The Bertz CT molecular complexity index is 2460. The number of hydrogen-bond donors (Lipinski definition) is 0. The molecule has 0 N–H and O–H groups in total. The first kappa shape index (κ1) is 25.7. The van der Waals surface area contributed by atoms with E-state index < -0.39 is 0 Å². The van der Waals surface area contributed by atoms with E-state index in [4.69, 9.17) is 9.97 Å². The van der Waals surface area contributed by atoms with Crippen molar-refractivity contribution in [3.8, 4) is 22.9 Å². The van der Waals surface area contributed by atoms with E-state index in [0.29, 0.717) is 11.9 Å². The van der Waals surface area contributed by atoms with E-state index in [0.717, 1.165) is 45.6 Å². The molecule has 0 fully saturated rings. The number of aromatic nitrogens is 4. The summed E-state index contributed by atoms with van der Waals surface area (Å²) < 4.78 is 4.70. The molecule has 1 atom stereocenters. The fraction of sp³-hybridized carbons (Fsp3) is 0.0732. The van der Waals surface area contributed by atoms with Crippen LogP contribution < -0.4 is 0 Å². The molecule has 3 heterocycles. The van der Waals surface area contributed by atoms with Crippen LogP contribution in [0, 0.1) is 5.92 Å². The Morgan fingerprint density at radius 2 is 1.16 bits per heavy atom. The smallest absolute Gasteiger partial charge is 0.235 e. The molecule has 0 aliphatic heterocycles. The molecule has 1 unspecified atom stereocenters. The normalized spacial score (nSPS) is 15.0. The second kappa shape index (κ2) is 10.2. The molecule has 0 amide bonds. The van der Waals surface area contributed by atoms with Crippen LogP contribution in [0.4, 0.5) is 0 Å². The van der Waals surface area contributed by atoms with Crippen molar-refractivity contribution in [3.05, 3.63) is 151 Å². The summed E-state index contributed by atoms with van der Waals surface area (Å²) in [6, 6.07) is 45.2. The van der Waals surface area contributed by atoms with Crippen molar-refractivity contribution in [2.24, 2.45) is 5.92 Å². The summed E-state index contributed by atoms with van der Waals surface area (Å²) in [7, 11) is 0. The highest BCUT2D eigenvalue weighted by atomic mass is 15.2. The quantitative estimate of drug-likeness (QED) is 0.208. The Morgan fingerprint density at radius 1 is 0.578 bits per heavy atom. The zero-order valence-electron chi connectivity index (χ0n) is 24.9. The Kier molecular flexibility index (Phi) is 5.82. The highest BCUT2D eigenvalue weighted by Gasteiger charge is 2.23. The third-order valence-electron chi connectivity index (χ3n) is 9.07. The van der Waals surface area contributed by atoms with Crippen LogP contribution in [0.15, 0.2) is 146 Å². The summed E-state index contributed by atoms with van der Waals surface area (Å²) >= 11 is 0. The topological polar surface area (TPSA) is 35.6 Å². The maximum absolute atomic E-state index is 5.36. The van der Waals surface area contributed by atoms with Crippen LogP contribution in [0.3, 0.4) is 0 Å². The molecule has 0 saturated heterocycles. The van der Waals surface area contributed by atoms with Crippen LogP contribution in [-0.2, 0) is 0 Å². The second-order valence-corrected chi connectivity index (χ2v) is 12.0. The number of para-hydroxylation sites is 3. The van der Waals surface area contributed by atoms with Gasteiger partial charge in [0.1, 0.15) is 0 Å². The van der Waals surface area contributed by atoms with Gasteiger partial charge in [0.2, 0.25) is 5.95 Å². The van der Waals surface area contributed by atoms with E-state index >= 15 is 0 Å². The largest absolute Gasteiger partial charge is 0.307 e. The molecule has 45 heavy (non-hydrogen) atoms. The number of benzene rings is 5. The van der Waals surface area contributed by atoms with E-state index in [-0.39, 0.29) is 0 Å². The van der Waals surface area contributed by atoms with Crippen LogP contribution in [0.1, 0.15) is 19.0 Å². The van der Waals surface area contributed by atoms with Gasteiger partial charge in [0.15, 0.2) is 0 Å². The monoisotopic (exact) mass is 578 g/mol. The molecule has 4 heteroatoms. The van der Waals surface area contributed by atoms with Gasteiger partial charge in [-0.2, -0.15) is 0 Å². The number of rotatable bonds is 4. The molecular formula is C41H30N4. The molecule has 3 aromatic heterocycles. The molecule has 0 saturated carbocycles. The molecule has 1 aliphatic carbocycles. The zero-order chi connectivity index (χ0) is 29.9. The minimum Gasteiger partial charge on any atom is -0.307 e. The average Bonchev–Trinajstić information content (AvgIpc) is 3.62. The summed E-state index contributed by atoms with van der Waals surface area (Å²) in [4.78, 5) is 10.7. The number of nitrogens with zero attached hydrogens (tertiary/aromatic N) is 4. The van der Waals surface area contributed by atoms with Gasteiger partial charge < -0.3 is 4.57 Å². The second-order valence-electron chi connectivity index (χ2n) is 12.0.